The van der Waals surface area contributed by atoms with Gasteiger partial charge in [0.25, 0.3) is 0 Å². The number of para-hydroxylation sites is 1. The minimum atomic E-state index is -0.280. The number of anilines is 1. The smallest absolute Gasteiger partial charge is 0.173 e. The molecule has 0 saturated carbocycles. The average Bonchev–Trinajstić information content (AvgIpc) is 2.59. The van der Waals surface area contributed by atoms with Gasteiger partial charge in [-0.05, 0) is 36.8 Å². The molecule has 3 nitrogen and oxygen atoms in total. The van der Waals surface area contributed by atoms with E-state index in [1.54, 1.807) is 18.2 Å². The van der Waals surface area contributed by atoms with Crippen molar-refractivity contribution in [2.24, 2.45) is 0 Å². The molecule has 0 aromatic heterocycles. The highest BCUT2D eigenvalue weighted by atomic mass is 32.1. The zero-order valence-corrected chi connectivity index (χ0v) is 14.7. The Bertz CT molecular complexity index is 694. The second-order valence-corrected chi connectivity index (χ2v) is 6.55. The molecule has 0 aliphatic carbocycles. The summed E-state index contributed by atoms with van der Waals surface area (Å²) in [6.45, 7) is 6.67. The third-order valence-corrected chi connectivity index (χ3v) is 4.66. The molecule has 0 radical (unpaired) electrons. The molecular formula is C19H22FN3S. The van der Waals surface area contributed by atoms with E-state index >= 15 is 0 Å². The summed E-state index contributed by atoms with van der Waals surface area (Å²) in [5, 5.41) is 3.61. The summed E-state index contributed by atoms with van der Waals surface area (Å²) in [5.41, 5.74) is 3.05. The van der Waals surface area contributed by atoms with Crippen LogP contribution in [0.2, 0.25) is 0 Å². The Morgan fingerprint density at radius 1 is 1.04 bits per heavy atom. The van der Waals surface area contributed by atoms with Gasteiger partial charge in [-0.25, -0.2) is 4.39 Å². The quantitative estimate of drug-likeness (QED) is 0.857. The number of halogens is 1. The van der Waals surface area contributed by atoms with Crippen molar-refractivity contribution < 1.29 is 4.39 Å². The number of nitrogens with zero attached hydrogens (tertiary/aromatic N) is 2. The maximum absolute atomic E-state index is 13.7. The summed E-state index contributed by atoms with van der Waals surface area (Å²) in [5.74, 6) is -0.280. The molecule has 0 bridgehead atoms. The fourth-order valence-electron chi connectivity index (χ4n) is 2.82. The van der Waals surface area contributed by atoms with Crippen LogP contribution in [-0.2, 0) is 6.54 Å². The van der Waals surface area contributed by atoms with E-state index in [1.807, 2.05) is 0 Å². The van der Waals surface area contributed by atoms with Crippen LogP contribution >= 0.6 is 12.2 Å². The lowest BCUT2D eigenvalue weighted by Gasteiger charge is -2.36. The standard InChI is InChI=1S/C19H22FN3S/c1-15-6-8-16(9-7-15)14-22-10-12-23(13-11-22)19(24)21-18-5-3-2-4-17(18)20/h2-9H,10-14H2,1H3,(H,21,24). The van der Waals surface area contributed by atoms with Crippen LogP contribution in [-0.4, -0.2) is 41.1 Å². The molecule has 5 heteroatoms. The Kier molecular flexibility index (Phi) is 5.43. The molecule has 1 aliphatic rings. The molecule has 0 spiro atoms. The number of aryl methyl sites for hydroxylation is 1. The van der Waals surface area contributed by atoms with Gasteiger partial charge in [-0.1, -0.05) is 42.0 Å². The van der Waals surface area contributed by atoms with E-state index in [0.29, 0.717) is 10.8 Å². The van der Waals surface area contributed by atoms with Gasteiger partial charge in [0.05, 0.1) is 5.69 Å². The first kappa shape index (κ1) is 16.9. The van der Waals surface area contributed by atoms with E-state index in [0.717, 1.165) is 32.7 Å². The van der Waals surface area contributed by atoms with Crippen molar-refractivity contribution in [1.82, 2.24) is 9.80 Å². The molecule has 1 fully saturated rings. The number of hydrogen-bond acceptors (Lipinski definition) is 2. The van der Waals surface area contributed by atoms with Crippen molar-refractivity contribution in [3.63, 3.8) is 0 Å². The first-order valence-corrected chi connectivity index (χ1v) is 8.61. The SMILES string of the molecule is Cc1ccc(CN2CCN(C(=S)Nc3ccccc3F)CC2)cc1. The fraction of sp³-hybridized carbons (Fsp3) is 0.316. The highest BCUT2D eigenvalue weighted by Crippen LogP contribution is 2.15. The maximum atomic E-state index is 13.7. The number of benzene rings is 2. The molecular weight excluding hydrogens is 321 g/mol. The van der Waals surface area contributed by atoms with Gasteiger partial charge < -0.3 is 10.2 Å². The van der Waals surface area contributed by atoms with E-state index in [-0.39, 0.29) is 5.82 Å². The number of piperazine rings is 1. The van der Waals surface area contributed by atoms with E-state index < -0.39 is 0 Å². The normalized spacial score (nSPS) is 15.3. The third-order valence-electron chi connectivity index (χ3n) is 4.30. The first-order chi connectivity index (χ1) is 11.6. The van der Waals surface area contributed by atoms with Crippen molar-refractivity contribution in [2.75, 3.05) is 31.5 Å². The largest absolute Gasteiger partial charge is 0.346 e. The van der Waals surface area contributed by atoms with E-state index in [1.165, 1.54) is 17.2 Å². The monoisotopic (exact) mass is 343 g/mol. The van der Waals surface area contributed by atoms with Gasteiger partial charge >= 0.3 is 0 Å². The summed E-state index contributed by atoms with van der Waals surface area (Å²) in [7, 11) is 0. The minimum absolute atomic E-state index is 0.280. The second kappa shape index (κ2) is 7.73. The summed E-state index contributed by atoms with van der Waals surface area (Å²) in [6.07, 6.45) is 0. The van der Waals surface area contributed by atoms with Gasteiger partial charge in [0, 0.05) is 32.7 Å². The molecule has 2 aromatic rings. The number of hydrogen-bond donors (Lipinski definition) is 1. The van der Waals surface area contributed by atoms with Gasteiger partial charge in [-0.15, -0.1) is 0 Å². The second-order valence-electron chi connectivity index (χ2n) is 6.16. The predicted molar refractivity (Wildman–Crippen MR) is 101 cm³/mol. The molecule has 1 aliphatic heterocycles. The van der Waals surface area contributed by atoms with Crippen LogP contribution in [0, 0.1) is 12.7 Å². The third kappa shape index (κ3) is 4.30. The summed E-state index contributed by atoms with van der Waals surface area (Å²) in [4.78, 5) is 4.53. The molecule has 1 N–H and O–H groups in total. The Morgan fingerprint density at radius 2 is 1.71 bits per heavy atom. The Hall–Kier alpha value is -1.98. The van der Waals surface area contributed by atoms with Crippen LogP contribution in [0.15, 0.2) is 48.5 Å². The molecule has 2 aromatic carbocycles. The topological polar surface area (TPSA) is 18.5 Å². The zero-order chi connectivity index (χ0) is 16.9. The summed E-state index contributed by atoms with van der Waals surface area (Å²) >= 11 is 5.43. The van der Waals surface area contributed by atoms with E-state index in [2.05, 4.69) is 46.3 Å². The fourth-order valence-corrected chi connectivity index (χ4v) is 3.11. The van der Waals surface area contributed by atoms with Crippen molar-refractivity contribution in [3.05, 3.63) is 65.5 Å². The lowest BCUT2D eigenvalue weighted by Crippen LogP contribution is -2.49. The molecule has 0 unspecified atom stereocenters. The van der Waals surface area contributed by atoms with Gasteiger partial charge in [0.1, 0.15) is 5.82 Å². The van der Waals surface area contributed by atoms with Crippen LogP contribution in [0.5, 0.6) is 0 Å². The molecule has 24 heavy (non-hydrogen) atoms. The lowest BCUT2D eigenvalue weighted by molar-refractivity contribution is 0.177. The number of thiocarbonyl (C=S) groups is 1. The van der Waals surface area contributed by atoms with E-state index in [9.17, 15) is 4.39 Å². The lowest BCUT2D eigenvalue weighted by atomic mass is 10.1. The van der Waals surface area contributed by atoms with E-state index in [4.69, 9.17) is 12.2 Å². The van der Waals surface area contributed by atoms with Gasteiger partial charge in [0.2, 0.25) is 0 Å². The van der Waals surface area contributed by atoms with Crippen LogP contribution < -0.4 is 5.32 Å². The highest BCUT2D eigenvalue weighted by molar-refractivity contribution is 7.80. The molecule has 0 amide bonds. The molecule has 0 atom stereocenters. The Balaban J connectivity index is 1.50. The minimum Gasteiger partial charge on any atom is -0.346 e. The molecule has 1 saturated heterocycles. The van der Waals surface area contributed by atoms with Crippen molar-refractivity contribution in [3.8, 4) is 0 Å². The van der Waals surface area contributed by atoms with Crippen molar-refractivity contribution in [1.29, 1.82) is 0 Å². The maximum Gasteiger partial charge on any atom is 0.173 e. The zero-order valence-electron chi connectivity index (χ0n) is 13.8. The number of nitrogens with one attached hydrogen (secondary N) is 1. The first-order valence-electron chi connectivity index (χ1n) is 8.20. The van der Waals surface area contributed by atoms with Crippen LogP contribution in [0.4, 0.5) is 10.1 Å². The van der Waals surface area contributed by atoms with Crippen LogP contribution in [0.1, 0.15) is 11.1 Å². The van der Waals surface area contributed by atoms with Gasteiger partial charge in [-0.3, -0.25) is 4.90 Å². The van der Waals surface area contributed by atoms with Gasteiger partial charge in [-0.2, -0.15) is 0 Å². The summed E-state index contributed by atoms with van der Waals surface area (Å²) in [6, 6.07) is 15.3. The average molecular weight is 343 g/mol. The highest BCUT2D eigenvalue weighted by Gasteiger charge is 2.19. The molecule has 1 heterocycles. The van der Waals surface area contributed by atoms with Gasteiger partial charge in [0.15, 0.2) is 5.11 Å². The predicted octanol–water partition coefficient (Wildman–Crippen LogP) is 3.65. The van der Waals surface area contributed by atoms with Crippen molar-refractivity contribution >= 4 is 23.0 Å². The molecule has 126 valence electrons. The number of rotatable bonds is 3. The Labute approximate surface area is 148 Å². The van der Waals surface area contributed by atoms with Crippen LogP contribution in [0.3, 0.4) is 0 Å². The Morgan fingerprint density at radius 3 is 2.38 bits per heavy atom. The summed E-state index contributed by atoms with van der Waals surface area (Å²) < 4.78 is 13.7. The molecule has 3 rings (SSSR count). The van der Waals surface area contributed by atoms with Crippen molar-refractivity contribution in [2.45, 2.75) is 13.5 Å². The van der Waals surface area contributed by atoms with Crippen LogP contribution in [0.25, 0.3) is 0 Å².